The molecule has 1 fully saturated rings. The van der Waals surface area contributed by atoms with E-state index in [4.69, 9.17) is 0 Å². The van der Waals surface area contributed by atoms with Gasteiger partial charge in [0.05, 0.1) is 0 Å². The van der Waals surface area contributed by atoms with Crippen LogP contribution in [0.25, 0.3) is 0 Å². The van der Waals surface area contributed by atoms with Crippen molar-refractivity contribution in [2.45, 2.75) is 55.6 Å². The third kappa shape index (κ3) is 9.03. The summed E-state index contributed by atoms with van der Waals surface area (Å²) < 4.78 is 0. The van der Waals surface area contributed by atoms with Gasteiger partial charge in [0, 0.05) is 0 Å². The first kappa shape index (κ1) is 13.1. The molecule has 0 unspecified atom stereocenters. The fraction of sp³-hybridized carbons (Fsp3) is 1.00. The zero-order chi connectivity index (χ0) is 9.19. The number of hydrogen-bond acceptors (Lipinski definition) is 0. The molecule has 0 amide bonds. The van der Waals surface area contributed by atoms with E-state index in [1.807, 2.05) is 0 Å². The Kier molecular flexibility index (Phi) is 10.7. The first-order chi connectivity index (χ1) is 6.50. The molecule has 0 radical (unpaired) electrons. The molecule has 0 saturated carbocycles. The van der Waals surface area contributed by atoms with Gasteiger partial charge in [-0.3, -0.25) is 0 Å². The summed E-state index contributed by atoms with van der Waals surface area (Å²) in [5.74, 6) is 0. The van der Waals surface area contributed by atoms with Crippen LogP contribution in [0.5, 0.6) is 0 Å². The minimum atomic E-state index is 1.10. The van der Waals surface area contributed by atoms with Gasteiger partial charge in [-0.25, -0.2) is 0 Å². The molecule has 1 aliphatic heterocycles. The van der Waals surface area contributed by atoms with Gasteiger partial charge in [0.15, 0.2) is 0 Å². The molecule has 4 heteroatoms. The van der Waals surface area contributed by atoms with Gasteiger partial charge in [0.1, 0.15) is 0 Å². The topological polar surface area (TPSA) is 0 Å². The van der Waals surface area contributed by atoms with E-state index in [9.17, 15) is 0 Å². The quantitative estimate of drug-likeness (QED) is 0.505. The first-order valence-electron chi connectivity index (χ1n) is 5.08. The van der Waals surface area contributed by atoms with Crippen molar-refractivity contribution in [2.24, 2.45) is 0 Å². The van der Waals surface area contributed by atoms with Gasteiger partial charge in [-0.1, -0.05) is 0 Å². The molecule has 0 bridgehead atoms. The average Bonchev–Trinajstić information content (AvgIpc) is 2.18. The Bertz CT molecular complexity index is 59.7. The van der Waals surface area contributed by atoms with E-state index >= 15 is 0 Å². The second-order valence-electron chi connectivity index (χ2n) is 3.25. The van der Waals surface area contributed by atoms with Crippen molar-refractivity contribution in [3.63, 3.8) is 0 Å². The molecule has 0 atom stereocenters. The van der Waals surface area contributed by atoms with Crippen LogP contribution in [0.3, 0.4) is 0 Å². The number of rotatable bonds is 0. The van der Waals surface area contributed by atoms with Gasteiger partial charge < -0.3 is 0 Å². The van der Waals surface area contributed by atoms with Crippen molar-refractivity contribution < 1.29 is 0 Å². The van der Waals surface area contributed by atoms with Crippen LogP contribution in [0.1, 0.15) is 44.9 Å². The van der Waals surface area contributed by atoms with E-state index in [1.54, 1.807) is 23.5 Å². The summed E-state index contributed by atoms with van der Waals surface area (Å²) >= 11 is 4.49. The van der Waals surface area contributed by atoms with Gasteiger partial charge >= 0.3 is 104 Å². The molecule has 0 spiro atoms. The summed E-state index contributed by atoms with van der Waals surface area (Å²) in [6, 6.07) is 0. The SMILES string of the molecule is C1CCCC[Se][Se][Se][Se]CCCC1. The Morgan fingerprint density at radius 3 is 1.31 bits per heavy atom. The third-order valence-electron chi connectivity index (χ3n) is 2.08. The summed E-state index contributed by atoms with van der Waals surface area (Å²) in [6.45, 7) is 0. The minimum absolute atomic E-state index is 1.10. The summed E-state index contributed by atoms with van der Waals surface area (Å²) in [6.07, 6.45) is 10.8. The molecule has 1 aliphatic rings. The van der Waals surface area contributed by atoms with Crippen LogP contribution < -0.4 is 0 Å². The Labute approximate surface area is 103 Å². The summed E-state index contributed by atoms with van der Waals surface area (Å²) in [5.41, 5.74) is 0. The van der Waals surface area contributed by atoms with Crippen LogP contribution in [-0.2, 0) is 0 Å². The molecular weight excluding hydrogens is 424 g/mol. The third-order valence-corrected chi connectivity index (χ3v) is 41.2. The van der Waals surface area contributed by atoms with Crippen LogP contribution >= 0.6 is 0 Å². The molecule has 0 aromatic carbocycles. The second-order valence-corrected chi connectivity index (χ2v) is 30.1. The van der Waals surface area contributed by atoms with Crippen molar-refractivity contribution in [1.29, 1.82) is 0 Å². The molecule has 0 aromatic rings. The van der Waals surface area contributed by atoms with E-state index in [0.717, 1.165) is 48.9 Å². The predicted molar refractivity (Wildman–Crippen MR) is 64.9 cm³/mol. The fourth-order valence-electron chi connectivity index (χ4n) is 1.31. The first-order valence-corrected chi connectivity index (χ1v) is 20.5. The summed E-state index contributed by atoms with van der Waals surface area (Å²) in [5, 5.41) is 3.23. The standard InChI is InChI=1S/C9H18Se4/c1-2-4-6-8-10-12-13-11-9-7-5-3-1/h1-9H2. The van der Waals surface area contributed by atoms with Crippen molar-refractivity contribution in [2.75, 3.05) is 0 Å². The molecule has 0 aliphatic carbocycles. The van der Waals surface area contributed by atoms with Crippen LogP contribution in [0.4, 0.5) is 0 Å². The molecule has 0 N–H and O–H groups in total. The zero-order valence-corrected chi connectivity index (χ0v) is 14.8. The van der Waals surface area contributed by atoms with Crippen molar-refractivity contribution in [3.05, 3.63) is 0 Å². The summed E-state index contributed by atoms with van der Waals surface area (Å²) in [4.78, 5) is 0. The maximum atomic E-state index is 1.62. The molecule has 1 saturated heterocycles. The molecule has 1 rings (SSSR count). The zero-order valence-electron chi connectivity index (χ0n) is 8.00. The van der Waals surface area contributed by atoms with Crippen molar-refractivity contribution in [1.82, 2.24) is 0 Å². The predicted octanol–water partition coefficient (Wildman–Crippen LogP) is 2.13. The fourth-order valence-corrected chi connectivity index (χ4v) is 43.3. The van der Waals surface area contributed by atoms with E-state index in [-0.39, 0.29) is 0 Å². The Balaban J connectivity index is 2.01. The van der Waals surface area contributed by atoms with Crippen LogP contribution in [0.2, 0.25) is 10.6 Å². The molecule has 0 nitrogen and oxygen atoms in total. The van der Waals surface area contributed by atoms with Gasteiger partial charge in [-0.05, 0) is 0 Å². The second kappa shape index (κ2) is 10.6. The molecule has 13 heavy (non-hydrogen) atoms. The van der Waals surface area contributed by atoms with Gasteiger partial charge in [-0.15, -0.1) is 0 Å². The van der Waals surface area contributed by atoms with E-state index in [0.29, 0.717) is 0 Å². The molecule has 78 valence electrons. The van der Waals surface area contributed by atoms with Gasteiger partial charge in [0.25, 0.3) is 0 Å². The molecule has 1 heterocycles. The Morgan fingerprint density at radius 2 is 0.846 bits per heavy atom. The van der Waals surface area contributed by atoms with E-state index in [1.165, 1.54) is 32.1 Å². The van der Waals surface area contributed by atoms with Gasteiger partial charge in [-0.2, -0.15) is 0 Å². The van der Waals surface area contributed by atoms with Crippen LogP contribution in [0.15, 0.2) is 0 Å². The monoisotopic (exact) mass is 446 g/mol. The van der Waals surface area contributed by atoms with E-state index < -0.39 is 0 Å². The normalized spacial score (nSPS) is 24.0. The van der Waals surface area contributed by atoms with Crippen LogP contribution in [-0.4, -0.2) is 48.9 Å². The molecule has 0 aromatic heterocycles. The number of hydrogen-bond donors (Lipinski definition) is 0. The van der Waals surface area contributed by atoms with E-state index in [2.05, 4.69) is 0 Å². The Hall–Kier alpha value is 2.08. The summed E-state index contributed by atoms with van der Waals surface area (Å²) in [7, 11) is 0. The van der Waals surface area contributed by atoms with Gasteiger partial charge in [0.2, 0.25) is 0 Å². The maximum absolute atomic E-state index is 1.62. The van der Waals surface area contributed by atoms with Crippen molar-refractivity contribution in [3.8, 4) is 0 Å². The van der Waals surface area contributed by atoms with Crippen molar-refractivity contribution >= 4 is 48.9 Å². The molecular formula is C9H18Se4. The average molecular weight is 442 g/mol. The van der Waals surface area contributed by atoms with Crippen LogP contribution in [0, 0.1) is 0 Å². The Morgan fingerprint density at radius 1 is 0.462 bits per heavy atom.